The molecule has 1 nitrogen and oxygen atoms in total. The number of halogens is 2. The zero-order valence-corrected chi connectivity index (χ0v) is 13.8. The molecule has 16 heavy (non-hydrogen) atoms. The molecule has 0 aliphatic rings. The highest BCUT2D eigenvalue weighted by atomic mass is 79.9. The van der Waals surface area contributed by atoms with Crippen LogP contribution < -0.4 is 5.73 Å². The van der Waals surface area contributed by atoms with Gasteiger partial charge in [0.05, 0.1) is 7.57 Å². The van der Waals surface area contributed by atoms with Crippen molar-refractivity contribution in [2.24, 2.45) is 11.7 Å². The van der Waals surface area contributed by atoms with Gasteiger partial charge in [0.15, 0.2) is 0 Å². The monoisotopic (exact) mass is 367 g/mol. The van der Waals surface area contributed by atoms with E-state index in [2.05, 4.69) is 51.8 Å². The fraction of sp³-hybridized carbons (Fsp3) is 0.667. The summed E-state index contributed by atoms with van der Waals surface area (Å²) in [4.78, 5) is 0. The first kappa shape index (κ1) is 14.7. The van der Waals surface area contributed by atoms with E-state index in [0.29, 0.717) is 5.92 Å². The molecule has 0 radical (unpaired) electrons. The Morgan fingerprint density at radius 2 is 1.81 bits per heavy atom. The minimum absolute atomic E-state index is 0.164. The Kier molecular flexibility index (Phi) is 6.55. The first-order chi connectivity index (χ1) is 7.60. The van der Waals surface area contributed by atoms with Crippen molar-refractivity contribution in [2.75, 3.05) is 0 Å². The van der Waals surface area contributed by atoms with Crippen molar-refractivity contribution < 1.29 is 0 Å². The number of hydrogen-bond donors (Lipinski definition) is 1. The Balaban J connectivity index is 2.80. The van der Waals surface area contributed by atoms with E-state index in [-0.39, 0.29) is 6.04 Å². The predicted molar refractivity (Wildman–Crippen MR) is 80.0 cm³/mol. The Labute approximate surface area is 119 Å². The molecule has 1 heterocycles. The second-order valence-corrected chi connectivity index (χ2v) is 7.89. The molecule has 0 aliphatic carbocycles. The molecule has 0 spiro atoms. The summed E-state index contributed by atoms with van der Waals surface area (Å²) in [6.07, 6.45) is 4.85. The van der Waals surface area contributed by atoms with Gasteiger partial charge in [0.1, 0.15) is 0 Å². The molecule has 1 atom stereocenters. The molecule has 0 aliphatic heterocycles. The van der Waals surface area contributed by atoms with Crippen LogP contribution in [-0.2, 0) is 0 Å². The largest absolute Gasteiger partial charge is 0.324 e. The Morgan fingerprint density at radius 1 is 1.25 bits per heavy atom. The fourth-order valence-corrected chi connectivity index (χ4v) is 5.04. The summed E-state index contributed by atoms with van der Waals surface area (Å²) in [5, 5.41) is 0. The molecular formula is C12H19Br2NS. The normalized spacial score (nSPS) is 13.4. The van der Waals surface area contributed by atoms with Crippen LogP contribution in [0.1, 0.15) is 51.1 Å². The standard InChI is InChI=1S/C12H19Br2NS/c1-3-5-8(6-4-2)11(15)9-7-10(13)16-12(9)14/h7-8,11H,3-6,15H2,1-2H3. The average Bonchev–Trinajstić information content (AvgIpc) is 2.56. The highest BCUT2D eigenvalue weighted by molar-refractivity contribution is 9.12. The first-order valence-electron chi connectivity index (χ1n) is 5.80. The molecule has 0 aromatic carbocycles. The third kappa shape index (κ3) is 3.83. The molecule has 92 valence electrons. The maximum absolute atomic E-state index is 6.38. The van der Waals surface area contributed by atoms with E-state index in [1.165, 1.54) is 35.0 Å². The Hall–Kier alpha value is 0.620. The molecule has 1 aromatic heterocycles. The molecule has 0 amide bonds. The fourth-order valence-electron chi connectivity index (χ4n) is 2.08. The number of hydrogen-bond acceptors (Lipinski definition) is 2. The van der Waals surface area contributed by atoms with Crippen LogP contribution in [0.25, 0.3) is 0 Å². The summed E-state index contributed by atoms with van der Waals surface area (Å²) in [5.41, 5.74) is 7.63. The highest BCUT2D eigenvalue weighted by Gasteiger charge is 2.21. The van der Waals surface area contributed by atoms with Gasteiger partial charge < -0.3 is 5.73 Å². The maximum Gasteiger partial charge on any atom is 0.0758 e. The zero-order chi connectivity index (χ0) is 12.1. The molecule has 1 rings (SSSR count). The average molecular weight is 369 g/mol. The zero-order valence-electron chi connectivity index (χ0n) is 9.80. The summed E-state index contributed by atoms with van der Waals surface area (Å²) in [6.45, 7) is 4.46. The highest BCUT2D eigenvalue weighted by Crippen LogP contribution is 2.38. The van der Waals surface area contributed by atoms with Crippen LogP contribution in [0.4, 0.5) is 0 Å². The smallest absolute Gasteiger partial charge is 0.0758 e. The minimum atomic E-state index is 0.164. The summed E-state index contributed by atoms with van der Waals surface area (Å²) in [5.74, 6) is 0.604. The van der Waals surface area contributed by atoms with E-state index < -0.39 is 0 Å². The van der Waals surface area contributed by atoms with Crippen LogP contribution in [0.3, 0.4) is 0 Å². The Morgan fingerprint density at radius 3 is 2.19 bits per heavy atom. The summed E-state index contributed by atoms with van der Waals surface area (Å²) >= 11 is 8.81. The SMILES string of the molecule is CCCC(CCC)C(N)c1cc(Br)sc1Br. The molecule has 0 bridgehead atoms. The van der Waals surface area contributed by atoms with Crippen LogP contribution in [0, 0.1) is 5.92 Å². The van der Waals surface area contributed by atoms with E-state index in [9.17, 15) is 0 Å². The van der Waals surface area contributed by atoms with Crippen molar-refractivity contribution >= 4 is 43.2 Å². The van der Waals surface area contributed by atoms with E-state index in [0.717, 1.165) is 3.79 Å². The maximum atomic E-state index is 6.38. The van der Waals surface area contributed by atoms with Gasteiger partial charge in [-0.05, 0) is 62.2 Å². The van der Waals surface area contributed by atoms with Crippen molar-refractivity contribution in [3.8, 4) is 0 Å². The molecular weight excluding hydrogens is 350 g/mol. The van der Waals surface area contributed by atoms with E-state index >= 15 is 0 Å². The molecule has 2 N–H and O–H groups in total. The summed E-state index contributed by atoms with van der Waals surface area (Å²) in [7, 11) is 0. The lowest BCUT2D eigenvalue weighted by molar-refractivity contribution is 0.368. The first-order valence-corrected chi connectivity index (χ1v) is 8.20. The van der Waals surface area contributed by atoms with Gasteiger partial charge in [-0.2, -0.15) is 0 Å². The van der Waals surface area contributed by atoms with Crippen molar-refractivity contribution in [1.82, 2.24) is 0 Å². The van der Waals surface area contributed by atoms with Gasteiger partial charge >= 0.3 is 0 Å². The third-order valence-corrected chi connectivity index (χ3v) is 5.25. The minimum Gasteiger partial charge on any atom is -0.324 e. The van der Waals surface area contributed by atoms with Gasteiger partial charge in [0.25, 0.3) is 0 Å². The van der Waals surface area contributed by atoms with Crippen molar-refractivity contribution in [3.05, 3.63) is 19.2 Å². The summed E-state index contributed by atoms with van der Waals surface area (Å²) < 4.78 is 2.32. The molecule has 1 unspecified atom stereocenters. The van der Waals surface area contributed by atoms with Gasteiger partial charge in [0, 0.05) is 6.04 Å². The van der Waals surface area contributed by atoms with Crippen LogP contribution in [0.5, 0.6) is 0 Å². The van der Waals surface area contributed by atoms with Crippen molar-refractivity contribution in [3.63, 3.8) is 0 Å². The topological polar surface area (TPSA) is 26.0 Å². The third-order valence-electron chi connectivity index (χ3n) is 2.87. The second kappa shape index (κ2) is 7.14. The molecule has 0 saturated carbocycles. The molecule has 1 aromatic rings. The number of nitrogens with two attached hydrogens (primary N) is 1. The van der Waals surface area contributed by atoms with E-state index in [1.807, 2.05) is 0 Å². The summed E-state index contributed by atoms with van der Waals surface area (Å²) in [6, 6.07) is 2.31. The quantitative estimate of drug-likeness (QED) is 0.705. The number of rotatable bonds is 6. The van der Waals surface area contributed by atoms with Crippen molar-refractivity contribution in [2.45, 2.75) is 45.6 Å². The van der Waals surface area contributed by atoms with Gasteiger partial charge in [-0.3, -0.25) is 0 Å². The molecule has 4 heteroatoms. The van der Waals surface area contributed by atoms with E-state index in [4.69, 9.17) is 5.73 Å². The Bertz CT molecular complexity index is 319. The van der Waals surface area contributed by atoms with Gasteiger partial charge in [-0.1, -0.05) is 26.7 Å². The predicted octanol–water partition coefficient (Wildman–Crippen LogP) is 5.49. The lowest BCUT2D eigenvalue weighted by atomic mass is 9.88. The van der Waals surface area contributed by atoms with Crippen LogP contribution in [0.15, 0.2) is 13.6 Å². The van der Waals surface area contributed by atoms with Gasteiger partial charge in [0.2, 0.25) is 0 Å². The second-order valence-electron chi connectivity index (χ2n) is 4.14. The van der Waals surface area contributed by atoms with Crippen LogP contribution in [-0.4, -0.2) is 0 Å². The van der Waals surface area contributed by atoms with Gasteiger partial charge in [-0.25, -0.2) is 0 Å². The van der Waals surface area contributed by atoms with Crippen LogP contribution in [0.2, 0.25) is 0 Å². The lowest BCUT2D eigenvalue weighted by Crippen LogP contribution is -2.21. The van der Waals surface area contributed by atoms with Gasteiger partial charge in [-0.15, -0.1) is 11.3 Å². The van der Waals surface area contributed by atoms with Crippen LogP contribution >= 0.6 is 43.2 Å². The van der Waals surface area contributed by atoms with E-state index in [1.54, 1.807) is 11.3 Å². The molecule has 0 fully saturated rings. The molecule has 0 saturated heterocycles. The lowest BCUT2D eigenvalue weighted by Gasteiger charge is -2.23. The number of thiophene rings is 1. The van der Waals surface area contributed by atoms with Crippen molar-refractivity contribution in [1.29, 1.82) is 0 Å².